The first-order valence-electron chi connectivity index (χ1n) is 3.85. The monoisotopic (exact) mass is 239 g/mol. The van der Waals surface area contributed by atoms with E-state index in [1.807, 2.05) is 0 Å². The minimum absolute atomic E-state index is 0.0716. The van der Waals surface area contributed by atoms with Gasteiger partial charge in [-0.25, -0.2) is 0 Å². The van der Waals surface area contributed by atoms with Crippen LogP contribution in [0, 0.1) is 5.92 Å². The van der Waals surface area contributed by atoms with E-state index in [1.54, 1.807) is 18.4 Å². The Kier molecular flexibility index (Phi) is 2.00. The number of aliphatic imine (C=N–C) groups is 1. The van der Waals surface area contributed by atoms with Crippen LogP contribution in [-0.4, -0.2) is 23.8 Å². The number of carbonyl (C=O) groups is 2. The number of dihydropyridines is 1. The van der Waals surface area contributed by atoms with E-state index < -0.39 is 12.0 Å². The molecule has 2 rings (SSSR count). The van der Waals surface area contributed by atoms with E-state index in [-0.39, 0.29) is 11.6 Å². The van der Waals surface area contributed by atoms with Crippen LogP contribution in [0.3, 0.4) is 0 Å². The first-order chi connectivity index (χ1) is 6.20. The van der Waals surface area contributed by atoms with Crippen molar-refractivity contribution in [2.24, 2.45) is 10.9 Å². The van der Waals surface area contributed by atoms with Crippen molar-refractivity contribution in [3.05, 3.63) is 22.7 Å². The van der Waals surface area contributed by atoms with Crippen molar-refractivity contribution in [3.63, 3.8) is 0 Å². The van der Waals surface area contributed by atoms with Crippen molar-refractivity contribution in [1.82, 2.24) is 0 Å². The number of ketones is 2. The Labute approximate surface area is 83.4 Å². The molecule has 1 aliphatic carbocycles. The smallest absolute Gasteiger partial charge is 0.182 e. The number of hydrogen-bond donors (Lipinski definition) is 0. The third kappa shape index (κ3) is 1.31. The molecule has 0 saturated heterocycles. The van der Waals surface area contributed by atoms with E-state index in [4.69, 9.17) is 0 Å². The SMILES string of the molecule is O=C1C(Br)=CC(=O)C2N=CC=CC12. The van der Waals surface area contributed by atoms with Crippen molar-refractivity contribution in [2.75, 3.05) is 0 Å². The second-order valence-corrected chi connectivity index (χ2v) is 3.77. The molecule has 2 atom stereocenters. The fraction of sp³-hybridized carbons (Fsp3) is 0.222. The summed E-state index contributed by atoms with van der Waals surface area (Å²) in [5.74, 6) is -0.591. The number of fused-ring (bicyclic) bond motifs is 1. The van der Waals surface area contributed by atoms with E-state index in [1.165, 1.54) is 6.08 Å². The molecule has 0 bridgehead atoms. The largest absolute Gasteiger partial charge is 0.293 e. The summed E-state index contributed by atoms with van der Waals surface area (Å²) in [6.45, 7) is 0. The van der Waals surface area contributed by atoms with E-state index in [0.717, 1.165) is 0 Å². The molecule has 0 N–H and O–H groups in total. The molecule has 66 valence electrons. The van der Waals surface area contributed by atoms with Crippen LogP contribution in [0.2, 0.25) is 0 Å². The molecule has 0 aromatic rings. The summed E-state index contributed by atoms with van der Waals surface area (Å²) >= 11 is 3.06. The maximum atomic E-state index is 11.5. The van der Waals surface area contributed by atoms with E-state index >= 15 is 0 Å². The van der Waals surface area contributed by atoms with Crippen LogP contribution in [0.15, 0.2) is 27.7 Å². The zero-order valence-electron chi connectivity index (χ0n) is 6.61. The molecule has 13 heavy (non-hydrogen) atoms. The Balaban J connectivity index is 2.45. The zero-order chi connectivity index (χ0) is 9.42. The van der Waals surface area contributed by atoms with Crippen LogP contribution < -0.4 is 0 Å². The van der Waals surface area contributed by atoms with Crippen molar-refractivity contribution < 1.29 is 9.59 Å². The maximum absolute atomic E-state index is 11.5. The summed E-state index contributed by atoms with van der Waals surface area (Å²) in [6, 6.07) is -0.529. The fourth-order valence-corrected chi connectivity index (χ4v) is 1.92. The van der Waals surface area contributed by atoms with Crippen LogP contribution in [-0.2, 0) is 9.59 Å². The second kappa shape index (κ2) is 3.03. The molecule has 0 fully saturated rings. The lowest BCUT2D eigenvalue weighted by atomic mass is 9.86. The highest BCUT2D eigenvalue weighted by molar-refractivity contribution is 9.12. The van der Waals surface area contributed by atoms with Crippen LogP contribution >= 0.6 is 15.9 Å². The Morgan fingerprint density at radius 2 is 2.15 bits per heavy atom. The quantitative estimate of drug-likeness (QED) is 0.635. The Hall–Kier alpha value is -1.03. The summed E-state index contributed by atoms with van der Waals surface area (Å²) < 4.78 is 0.348. The van der Waals surface area contributed by atoms with Gasteiger partial charge in [-0.2, -0.15) is 0 Å². The predicted molar refractivity (Wildman–Crippen MR) is 51.9 cm³/mol. The van der Waals surface area contributed by atoms with Gasteiger partial charge in [-0.3, -0.25) is 14.6 Å². The number of hydrogen-bond acceptors (Lipinski definition) is 3. The van der Waals surface area contributed by atoms with Gasteiger partial charge < -0.3 is 0 Å². The van der Waals surface area contributed by atoms with E-state index in [9.17, 15) is 9.59 Å². The highest BCUT2D eigenvalue weighted by atomic mass is 79.9. The number of rotatable bonds is 0. The highest BCUT2D eigenvalue weighted by Gasteiger charge is 2.36. The fourth-order valence-electron chi connectivity index (χ4n) is 1.43. The summed E-state index contributed by atoms with van der Waals surface area (Å²) in [5, 5.41) is 0. The third-order valence-corrected chi connectivity index (χ3v) is 2.71. The molecule has 0 radical (unpaired) electrons. The van der Waals surface area contributed by atoms with Crippen molar-refractivity contribution in [3.8, 4) is 0 Å². The molecule has 2 unspecified atom stereocenters. The lowest BCUT2D eigenvalue weighted by molar-refractivity contribution is -0.124. The topological polar surface area (TPSA) is 46.5 Å². The summed E-state index contributed by atoms with van der Waals surface area (Å²) in [5.41, 5.74) is 0. The Bertz CT molecular complexity index is 368. The van der Waals surface area contributed by atoms with Gasteiger partial charge in [-0.1, -0.05) is 6.08 Å². The number of carbonyl (C=O) groups excluding carboxylic acids is 2. The molecule has 0 amide bonds. The van der Waals surface area contributed by atoms with Gasteiger partial charge in [0.1, 0.15) is 6.04 Å². The molecule has 1 aliphatic heterocycles. The standard InChI is InChI=1S/C9H6BrNO2/c10-6-4-7(12)8-5(9(6)13)2-1-3-11-8/h1-5,8H. The molecular weight excluding hydrogens is 234 g/mol. The normalized spacial score (nSPS) is 31.6. The van der Waals surface area contributed by atoms with Crippen LogP contribution in [0.4, 0.5) is 0 Å². The molecule has 0 aromatic carbocycles. The van der Waals surface area contributed by atoms with Gasteiger partial charge >= 0.3 is 0 Å². The third-order valence-electron chi connectivity index (χ3n) is 2.09. The van der Waals surface area contributed by atoms with Gasteiger partial charge in [-0.05, 0) is 22.0 Å². The first kappa shape index (κ1) is 8.56. The molecule has 2 aliphatic rings. The number of Topliss-reactive ketones (excluding diaryl/α,β-unsaturated/α-hetero) is 1. The molecule has 1 heterocycles. The van der Waals surface area contributed by atoms with Gasteiger partial charge in [0, 0.05) is 12.3 Å². The molecule has 4 heteroatoms. The van der Waals surface area contributed by atoms with Crippen LogP contribution in [0.5, 0.6) is 0 Å². The molecule has 3 nitrogen and oxygen atoms in total. The van der Waals surface area contributed by atoms with Crippen molar-refractivity contribution in [1.29, 1.82) is 0 Å². The van der Waals surface area contributed by atoms with Gasteiger partial charge in [0.15, 0.2) is 11.6 Å². The maximum Gasteiger partial charge on any atom is 0.182 e. The van der Waals surface area contributed by atoms with Gasteiger partial charge in [-0.15, -0.1) is 0 Å². The van der Waals surface area contributed by atoms with Gasteiger partial charge in [0.25, 0.3) is 0 Å². The van der Waals surface area contributed by atoms with E-state index in [2.05, 4.69) is 20.9 Å². The lowest BCUT2D eigenvalue weighted by Crippen LogP contribution is -2.37. The molecular formula is C9H6BrNO2. The average molecular weight is 240 g/mol. The Morgan fingerprint density at radius 3 is 2.92 bits per heavy atom. The molecule has 0 saturated carbocycles. The minimum Gasteiger partial charge on any atom is -0.293 e. The number of halogens is 1. The summed E-state index contributed by atoms with van der Waals surface area (Å²) in [4.78, 5) is 26.9. The van der Waals surface area contributed by atoms with Crippen LogP contribution in [0.25, 0.3) is 0 Å². The summed E-state index contributed by atoms with van der Waals surface area (Å²) in [6.07, 6.45) is 6.27. The zero-order valence-corrected chi connectivity index (χ0v) is 8.19. The van der Waals surface area contributed by atoms with Crippen molar-refractivity contribution in [2.45, 2.75) is 6.04 Å². The van der Waals surface area contributed by atoms with E-state index in [0.29, 0.717) is 4.48 Å². The lowest BCUT2D eigenvalue weighted by Gasteiger charge is -2.23. The second-order valence-electron chi connectivity index (χ2n) is 2.91. The van der Waals surface area contributed by atoms with Crippen molar-refractivity contribution >= 4 is 33.7 Å². The number of allylic oxidation sites excluding steroid dienone is 2. The van der Waals surface area contributed by atoms with Gasteiger partial charge in [0.2, 0.25) is 0 Å². The van der Waals surface area contributed by atoms with Gasteiger partial charge in [0.05, 0.1) is 10.4 Å². The summed E-state index contributed by atoms with van der Waals surface area (Å²) in [7, 11) is 0. The first-order valence-corrected chi connectivity index (χ1v) is 4.64. The number of nitrogens with zero attached hydrogens (tertiary/aromatic N) is 1. The highest BCUT2D eigenvalue weighted by Crippen LogP contribution is 2.27. The minimum atomic E-state index is -0.529. The molecule has 0 aromatic heterocycles. The Morgan fingerprint density at radius 1 is 1.38 bits per heavy atom. The predicted octanol–water partition coefficient (Wildman–Crippen LogP) is 1.04. The average Bonchev–Trinajstić information content (AvgIpc) is 2.15. The van der Waals surface area contributed by atoms with Crippen LogP contribution in [0.1, 0.15) is 0 Å². The molecule has 0 spiro atoms.